The van der Waals surface area contributed by atoms with Gasteiger partial charge in [0.05, 0.1) is 10.9 Å². The molecule has 0 saturated carbocycles. The minimum absolute atomic E-state index is 0.133. The fourth-order valence-electron chi connectivity index (χ4n) is 3.52. The molecule has 0 aliphatic rings. The number of benzene rings is 1. The Morgan fingerprint density at radius 1 is 1.09 bits per heavy atom. The van der Waals surface area contributed by atoms with Gasteiger partial charge in [-0.25, -0.2) is 0 Å². The van der Waals surface area contributed by atoms with E-state index in [4.69, 9.17) is 4.52 Å². The molecule has 0 fully saturated rings. The van der Waals surface area contributed by atoms with Crippen LogP contribution in [0.5, 0.6) is 0 Å². The van der Waals surface area contributed by atoms with Crippen LogP contribution >= 0.6 is 11.8 Å². The largest absolute Gasteiger partial charge is 0.360 e. The normalized spacial score (nSPS) is 12.0. The van der Waals surface area contributed by atoms with Crippen LogP contribution in [0.4, 0.5) is 5.82 Å². The number of unbranched alkanes of at least 4 members (excludes halogenated alkanes) is 1. The predicted molar refractivity (Wildman–Crippen MR) is 133 cm³/mol. The van der Waals surface area contributed by atoms with Gasteiger partial charge in [-0.05, 0) is 62.6 Å². The van der Waals surface area contributed by atoms with Gasteiger partial charge in [0.1, 0.15) is 5.76 Å². The first-order chi connectivity index (χ1) is 16.5. The number of hydrogen-bond acceptors (Lipinski definition) is 7. The standard InChI is InChI=1S/C25H28N6O2S/c1-5-6-7-21(24(32)27-22-15-18(4)33-30-22)34-25-29-28-23(19-10-12-26-13-11-19)31(25)20-9-8-16(2)17(3)14-20/h8-15,21H,5-7H2,1-4H3,(H,27,30,32). The Kier molecular flexibility index (Phi) is 7.42. The molecular weight excluding hydrogens is 448 g/mol. The molecule has 0 aliphatic carbocycles. The number of carbonyl (C=O) groups is 1. The van der Waals surface area contributed by atoms with Gasteiger partial charge in [-0.2, -0.15) is 0 Å². The van der Waals surface area contributed by atoms with Gasteiger partial charge in [0.2, 0.25) is 5.91 Å². The van der Waals surface area contributed by atoms with Crippen LogP contribution in [-0.2, 0) is 4.79 Å². The van der Waals surface area contributed by atoms with Gasteiger partial charge in [0.25, 0.3) is 0 Å². The second-order valence-corrected chi connectivity index (χ2v) is 9.38. The zero-order valence-corrected chi connectivity index (χ0v) is 20.6. The molecule has 1 atom stereocenters. The summed E-state index contributed by atoms with van der Waals surface area (Å²) in [6.07, 6.45) is 6.07. The van der Waals surface area contributed by atoms with Crippen molar-refractivity contribution in [2.75, 3.05) is 5.32 Å². The van der Waals surface area contributed by atoms with Gasteiger partial charge in [-0.15, -0.1) is 10.2 Å². The first-order valence-corrected chi connectivity index (χ1v) is 12.2. The molecule has 9 heteroatoms. The highest BCUT2D eigenvalue weighted by Crippen LogP contribution is 2.33. The van der Waals surface area contributed by atoms with E-state index >= 15 is 0 Å². The number of aromatic nitrogens is 5. The molecule has 0 spiro atoms. The number of nitrogens with zero attached hydrogens (tertiary/aromatic N) is 5. The number of pyridine rings is 1. The molecule has 1 unspecified atom stereocenters. The highest BCUT2D eigenvalue weighted by atomic mass is 32.2. The summed E-state index contributed by atoms with van der Waals surface area (Å²) in [5.74, 6) is 1.63. The minimum atomic E-state index is -0.364. The molecule has 4 rings (SSSR count). The van der Waals surface area contributed by atoms with E-state index in [1.165, 1.54) is 22.9 Å². The van der Waals surface area contributed by atoms with Crippen molar-refractivity contribution in [3.8, 4) is 17.1 Å². The molecule has 8 nitrogen and oxygen atoms in total. The predicted octanol–water partition coefficient (Wildman–Crippen LogP) is 5.53. The van der Waals surface area contributed by atoms with E-state index < -0.39 is 0 Å². The third-order valence-electron chi connectivity index (χ3n) is 5.56. The summed E-state index contributed by atoms with van der Waals surface area (Å²) >= 11 is 1.41. The lowest BCUT2D eigenvalue weighted by Crippen LogP contribution is -2.26. The van der Waals surface area contributed by atoms with E-state index in [9.17, 15) is 4.79 Å². The van der Waals surface area contributed by atoms with Crippen LogP contribution in [0, 0.1) is 20.8 Å². The minimum Gasteiger partial charge on any atom is -0.360 e. The van der Waals surface area contributed by atoms with Crippen LogP contribution in [0.2, 0.25) is 0 Å². The number of thioether (sulfide) groups is 1. The maximum atomic E-state index is 13.2. The number of anilines is 1. The van der Waals surface area contributed by atoms with Crippen molar-refractivity contribution in [3.05, 3.63) is 65.7 Å². The molecule has 176 valence electrons. The van der Waals surface area contributed by atoms with Gasteiger partial charge < -0.3 is 9.84 Å². The number of carbonyl (C=O) groups excluding carboxylic acids is 1. The van der Waals surface area contributed by atoms with Crippen LogP contribution in [0.1, 0.15) is 43.1 Å². The summed E-state index contributed by atoms with van der Waals surface area (Å²) in [7, 11) is 0. The summed E-state index contributed by atoms with van der Waals surface area (Å²) in [5, 5.41) is 16.1. The SMILES string of the molecule is CCCCC(Sc1nnc(-c2ccncc2)n1-c1ccc(C)c(C)c1)C(=O)Nc1cc(C)on1. The lowest BCUT2D eigenvalue weighted by Gasteiger charge is -2.17. The monoisotopic (exact) mass is 476 g/mol. The van der Waals surface area contributed by atoms with Gasteiger partial charge in [-0.1, -0.05) is 42.8 Å². The van der Waals surface area contributed by atoms with E-state index in [2.05, 4.69) is 64.6 Å². The Bertz CT molecular complexity index is 1270. The second kappa shape index (κ2) is 10.6. The zero-order chi connectivity index (χ0) is 24.1. The van der Waals surface area contributed by atoms with Crippen molar-refractivity contribution in [2.45, 2.75) is 57.4 Å². The molecule has 34 heavy (non-hydrogen) atoms. The maximum absolute atomic E-state index is 13.2. The molecule has 1 amide bonds. The Labute approximate surface area is 203 Å². The van der Waals surface area contributed by atoms with Crippen molar-refractivity contribution in [1.29, 1.82) is 0 Å². The van der Waals surface area contributed by atoms with E-state index in [1.54, 1.807) is 25.4 Å². The van der Waals surface area contributed by atoms with E-state index in [1.807, 2.05) is 16.7 Å². The Balaban J connectivity index is 1.71. The number of amides is 1. The molecule has 3 aromatic heterocycles. The fraction of sp³-hybridized carbons (Fsp3) is 0.320. The molecule has 0 saturated heterocycles. The smallest absolute Gasteiger partial charge is 0.239 e. The highest BCUT2D eigenvalue weighted by Gasteiger charge is 2.25. The first-order valence-electron chi connectivity index (χ1n) is 11.3. The first kappa shape index (κ1) is 23.7. The van der Waals surface area contributed by atoms with Crippen LogP contribution in [0.25, 0.3) is 17.1 Å². The maximum Gasteiger partial charge on any atom is 0.239 e. The van der Waals surface area contributed by atoms with Crippen LogP contribution in [0.3, 0.4) is 0 Å². The average molecular weight is 477 g/mol. The summed E-state index contributed by atoms with van der Waals surface area (Å²) < 4.78 is 7.10. The topological polar surface area (TPSA) is 98.7 Å². The third kappa shape index (κ3) is 5.36. The zero-order valence-electron chi connectivity index (χ0n) is 19.8. The van der Waals surface area contributed by atoms with Crippen LogP contribution in [-0.4, -0.2) is 36.1 Å². The molecule has 1 N–H and O–H groups in total. The lowest BCUT2D eigenvalue weighted by molar-refractivity contribution is -0.115. The third-order valence-corrected chi connectivity index (χ3v) is 6.77. The van der Waals surface area contributed by atoms with E-state index in [-0.39, 0.29) is 11.2 Å². The molecule has 3 heterocycles. The molecule has 0 radical (unpaired) electrons. The van der Waals surface area contributed by atoms with Crippen LogP contribution in [0.15, 0.2) is 58.5 Å². The van der Waals surface area contributed by atoms with Gasteiger partial charge in [-0.3, -0.25) is 14.3 Å². The Hall–Kier alpha value is -3.46. The number of hydrogen-bond donors (Lipinski definition) is 1. The molecule has 4 aromatic rings. The Morgan fingerprint density at radius 3 is 2.56 bits per heavy atom. The number of aryl methyl sites for hydroxylation is 3. The van der Waals surface area contributed by atoms with Crippen molar-refractivity contribution >= 4 is 23.5 Å². The molecular formula is C25H28N6O2S. The fourth-order valence-corrected chi connectivity index (χ4v) is 4.61. The lowest BCUT2D eigenvalue weighted by atomic mass is 10.1. The summed E-state index contributed by atoms with van der Waals surface area (Å²) in [6, 6.07) is 11.8. The van der Waals surface area contributed by atoms with Crippen molar-refractivity contribution in [3.63, 3.8) is 0 Å². The summed E-state index contributed by atoms with van der Waals surface area (Å²) in [5.41, 5.74) is 4.23. The van der Waals surface area contributed by atoms with Crippen molar-refractivity contribution in [2.24, 2.45) is 0 Å². The van der Waals surface area contributed by atoms with E-state index in [0.29, 0.717) is 29.0 Å². The Morgan fingerprint density at radius 2 is 1.88 bits per heavy atom. The molecule has 1 aromatic carbocycles. The van der Waals surface area contributed by atoms with Gasteiger partial charge in [0.15, 0.2) is 16.8 Å². The van der Waals surface area contributed by atoms with Crippen molar-refractivity contribution < 1.29 is 9.32 Å². The number of rotatable bonds is 9. The molecule has 0 bridgehead atoms. The van der Waals surface area contributed by atoms with E-state index in [0.717, 1.165) is 24.1 Å². The summed E-state index contributed by atoms with van der Waals surface area (Å²) in [6.45, 7) is 8.07. The number of nitrogens with one attached hydrogen (secondary N) is 1. The second-order valence-electron chi connectivity index (χ2n) is 8.21. The van der Waals surface area contributed by atoms with Gasteiger partial charge in [0, 0.05) is 24.0 Å². The van der Waals surface area contributed by atoms with Crippen molar-refractivity contribution in [1.82, 2.24) is 24.9 Å². The van der Waals surface area contributed by atoms with Gasteiger partial charge >= 0.3 is 0 Å². The average Bonchev–Trinajstić information content (AvgIpc) is 3.44. The summed E-state index contributed by atoms with van der Waals surface area (Å²) in [4.78, 5) is 17.3. The highest BCUT2D eigenvalue weighted by molar-refractivity contribution is 8.00. The molecule has 0 aliphatic heterocycles. The van der Waals surface area contributed by atoms with Crippen LogP contribution < -0.4 is 5.32 Å². The quantitative estimate of drug-likeness (QED) is 0.317.